The number of piperazine rings is 1. The third kappa shape index (κ3) is 4.91. The zero-order valence-electron chi connectivity index (χ0n) is 18.3. The van der Waals surface area contributed by atoms with E-state index in [1.54, 1.807) is 6.07 Å². The van der Waals surface area contributed by atoms with E-state index in [-0.39, 0.29) is 5.56 Å². The summed E-state index contributed by atoms with van der Waals surface area (Å²) in [6.07, 6.45) is -4.33. The first-order valence-corrected chi connectivity index (χ1v) is 11.9. The number of fused-ring (bicyclic) bond motifs is 1. The molecule has 0 atom stereocenters. The van der Waals surface area contributed by atoms with Gasteiger partial charge in [-0.05, 0) is 17.2 Å². The van der Waals surface area contributed by atoms with E-state index in [0.717, 1.165) is 48.2 Å². The monoisotopic (exact) mass is 484 g/mol. The molecule has 9 heteroatoms. The number of nitrogens with zero attached hydrogens (tertiary/aromatic N) is 3. The number of thiophene rings is 1. The molecular weight excluding hydrogens is 461 g/mol. The minimum absolute atomic E-state index is 0.136. The summed E-state index contributed by atoms with van der Waals surface area (Å²) in [4.78, 5) is 25.6. The van der Waals surface area contributed by atoms with Gasteiger partial charge in [-0.1, -0.05) is 48.5 Å². The number of alkyl halides is 3. The fraction of sp³-hybridized carbons (Fsp3) is 0.280. The highest BCUT2D eigenvalue weighted by Crippen LogP contribution is 2.31. The number of rotatable bonds is 5. The van der Waals surface area contributed by atoms with E-state index in [4.69, 9.17) is 4.98 Å². The van der Waals surface area contributed by atoms with Gasteiger partial charge in [0.25, 0.3) is 5.56 Å². The van der Waals surface area contributed by atoms with E-state index >= 15 is 0 Å². The molecule has 0 aliphatic carbocycles. The van der Waals surface area contributed by atoms with Crippen LogP contribution in [0.5, 0.6) is 0 Å². The number of hydrogen-bond acceptors (Lipinski definition) is 5. The molecule has 1 fully saturated rings. The van der Waals surface area contributed by atoms with Crippen molar-refractivity contribution in [2.24, 2.45) is 0 Å². The van der Waals surface area contributed by atoms with E-state index in [2.05, 4.69) is 14.8 Å². The largest absolute Gasteiger partial charge is 0.416 e. The molecule has 0 saturated carbocycles. The van der Waals surface area contributed by atoms with Crippen LogP contribution in [0.3, 0.4) is 0 Å². The molecule has 1 N–H and O–H groups in total. The summed E-state index contributed by atoms with van der Waals surface area (Å²) in [5, 5.41) is 2.59. The molecule has 0 radical (unpaired) electrons. The minimum Gasteiger partial charge on any atom is -0.309 e. The summed E-state index contributed by atoms with van der Waals surface area (Å²) in [5.74, 6) is 0.630. The Morgan fingerprint density at radius 3 is 2.35 bits per heavy atom. The summed E-state index contributed by atoms with van der Waals surface area (Å²) in [5.41, 5.74) is 1.79. The van der Waals surface area contributed by atoms with Crippen molar-refractivity contribution in [1.82, 2.24) is 19.8 Å². The molecule has 0 amide bonds. The van der Waals surface area contributed by atoms with Crippen molar-refractivity contribution in [2.75, 3.05) is 26.2 Å². The van der Waals surface area contributed by atoms with Gasteiger partial charge < -0.3 is 4.98 Å². The number of nitrogens with one attached hydrogen (secondary N) is 1. The lowest BCUT2D eigenvalue weighted by atomic mass is 10.1. The second-order valence-electron chi connectivity index (χ2n) is 8.46. The second kappa shape index (κ2) is 9.32. The van der Waals surface area contributed by atoms with Gasteiger partial charge in [-0.15, -0.1) is 11.3 Å². The Kier molecular flexibility index (Phi) is 6.24. The van der Waals surface area contributed by atoms with Crippen LogP contribution in [-0.2, 0) is 19.3 Å². The van der Waals surface area contributed by atoms with Gasteiger partial charge in [0, 0.05) is 43.7 Å². The summed E-state index contributed by atoms with van der Waals surface area (Å²) in [6, 6.07) is 15.3. The number of hydrogen-bond donors (Lipinski definition) is 1. The molecule has 34 heavy (non-hydrogen) atoms. The lowest BCUT2D eigenvalue weighted by Crippen LogP contribution is -2.45. The Hall–Kier alpha value is -3.01. The van der Waals surface area contributed by atoms with E-state index < -0.39 is 11.7 Å². The Morgan fingerprint density at radius 2 is 1.65 bits per heavy atom. The van der Waals surface area contributed by atoms with Crippen LogP contribution in [0.1, 0.15) is 17.0 Å². The Balaban J connectivity index is 1.23. The van der Waals surface area contributed by atoms with Gasteiger partial charge in [0.05, 0.1) is 17.5 Å². The average Bonchev–Trinajstić information content (AvgIpc) is 3.25. The standard InChI is InChI=1S/C25H23F3N4OS/c26-25(27,28)19-8-4-5-17(13-19)14-31-9-11-32(12-10-31)15-21-29-23(33)22-20(16-34-24(22)30-21)18-6-2-1-3-7-18/h1-8,13,16H,9-12,14-15H2,(H,29,30,33). The summed E-state index contributed by atoms with van der Waals surface area (Å²) < 4.78 is 38.9. The molecule has 0 bridgehead atoms. The number of halogens is 3. The van der Waals surface area contributed by atoms with Crippen molar-refractivity contribution in [3.63, 3.8) is 0 Å². The maximum atomic E-state index is 13.0. The van der Waals surface area contributed by atoms with Crippen LogP contribution in [0.2, 0.25) is 0 Å². The maximum Gasteiger partial charge on any atom is 0.416 e. The molecule has 0 spiro atoms. The van der Waals surface area contributed by atoms with Crippen molar-refractivity contribution in [3.05, 3.63) is 87.3 Å². The van der Waals surface area contributed by atoms with Crippen LogP contribution < -0.4 is 5.56 Å². The zero-order valence-corrected chi connectivity index (χ0v) is 19.1. The molecule has 5 rings (SSSR count). The number of aromatic amines is 1. The van der Waals surface area contributed by atoms with Crippen LogP contribution >= 0.6 is 11.3 Å². The average molecular weight is 485 g/mol. The van der Waals surface area contributed by atoms with E-state index in [9.17, 15) is 18.0 Å². The topological polar surface area (TPSA) is 52.2 Å². The summed E-state index contributed by atoms with van der Waals surface area (Å²) >= 11 is 1.47. The van der Waals surface area contributed by atoms with Gasteiger partial charge in [0.1, 0.15) is 10.7 Å². The number of benzene rings is 2. The van der Waals surface area contributed by atoms with Crippen molar-refractivity contribution in [1.29, 1.82) is 0 Å². The van der Waals surface area contributed by atoms with Crippen LogP contribution in [0.25, 0.3) is 21.3 Å². The van der Waals surface area contributed by atoms with Gasteiger partial charge in [-0.3, -0.25) is 14.6 Å². The molecular formula is C25H23F3N4OS. The van der Waals surface area contributed by atoms with Gasteiger partial charge in [-0.2, -0.15) is 13.2 Å². The smallest absolute Gasteiger partial charge is 0.309 e. The van der Waals surface area contributed by atoms with Crippen LogP contribution in [-0.4, -0.2) is 45.9 Å². The highest BCUT2D eigenvalue weighted by molar-refractivity contribution is 7.17. The van der Waals surface area contributed by atoms with Gasteiger partial charge >= 0.3 is 6.18 Å². The van der Waals surface area contributed by atoms with Crippen LogP contribution in [0.4, 0.5) is 13.2 Å². The molecule has 3 heterocycles. The van der Waals surface area contributed by atoms with Gasteiger partial charge in [0.2, 0.25) is 0 Å². The Labute approximate surface area is 198 Å². The molecule has 176 valence electrons. The fourth-order valence-electron chi connectivity index (χ4n) is 4.32. The second-order valence-corrected chi connectivity index (χ2v) is 9.32. The Bertz CT molecular complexity index is 1340. The zero-order chi connectivity index (χ0) is 23.7. The van der Waals surface area contributed by atoms with Gasteiger partial charge in [-0.25, -0.2) is 4.98 Å². The quantitative estimate of drug-likeness (QED) is 0.434. The first-order valence-electron chi connectivity index (χ1n) is 11.0. The van der Waals surface area contributed by atoms with Crippen LogP contribution in [0.15, 0.2) is 64.8 Å². The first-order chi connectivity index (χ1) is 16.4. The predicted molar refractivity (Wildman–Crippen MR) is 128 cm³/mol. The number of H-pyrrole nitrogens is 1. The third-order valence-electron chi connectivity index (χ3n) is 6.08. The molecule has 2 aromatic carbocycles. The fourth-order valence-corrected chi connectivity index (χ4v) is 5.29. The lowest BCUT2D eigenvalue weighted by molar-refractivity contribution is -0.137. The SMILES string of the molecule is O=c1[nH]c(CN2CCN(Cc3cccc(C(F)(F)F)c3)CC2)nc2scc(-c3ccccc3)c12. The van der Waals surface area contributed by atoms with Crippen molar-refractivity contribution in [3.8, 4) is 11.1 Å². The lowest BCUT2D eigenvalue weighted by Gasteiger charge is -2.34. The summed E-state index contributed by atoms with van der Waals surface area (Å²) in [7, 11) is 0. The van der Waals surface area contributed by atoms with E-state index in [1.807, 2.05) is 35.7 Å². The minimum atomic E-state index is -4.33. The van der Waals surface area contributed by atoms with Crippen LogP contribution in [0, 0.1) is 0 Å². The first kappa shape index (κ1) is 22.8. The molecule has 5 nitrogen and oxygen atoms in total. The van der Waals surface area contributed by atoms with Crippen molar-refractivity contribution >= 4 is 21.6 Å². The van der Waals surface area contributed by atoms with Gasteiger partial charge in [0.15, 0.2) is 0 Å². The highest BCUT2D eigenvalue weighted by atomic mass is 32.1. The van der Waals surface area contributed by atoms with E-state index in [1.165, 1.54) is 23.5 Å². The molecule has 1 aliphatic heterocycles. The highest BCUT2D eigenvalue weighted by Gasteiger charge is 2.30. The molecule has 0 unspecified atom stereocenters. The normalized spacial score (nSPS) is 15.7. The third-order valence-corrected chi connectivity index (χ3v) is 6.95. The molecule has 1 saturated heterocycles. The Morgan fingerprint density at radius 1 is 0.941 bits per heavy atom. The number of aromatic nitrogens is 2. The molecule has 2 aromatic heterocycles. The molecule has 1 aliphatic rings. The maximum absolute atomic E-state index is 13.0. The molecule has 4 aromatic rings. The van der Waals surface area contributed by atoms with Crippen molar-refractivity contribution in [2.45, 2.75) is 19.3 Å². The summed E-state index contributed by atoms with van der Waals surface area (Å²) in [6.45, 7) is 3.98. The predicted octanol–water partition coefficient (Wildman–Crippen LogP) is 4.99. The van der Waals surface area contributed by atoms with Crippen molar-refractivity contribution < 1.29 is 13.2 Å². The van der Waals surface area contributed by atoms with E-state index in [0.29, 0.717) is 29.9 Å².